The molecule has 2 N–H and O–H groups in total. The number of ether oxygens (including phenoxy) is 2. The second-order valence-electron chi connectivity index (χ2n) is 8.62. The number of aromatic amines is 1. The molecular formula is C28H26N4O4S. The molecule has 2 heterocycles. The maximum Gasteiger partial charge on any atom is 0.283 e. The Kier molecular flexibility index (Phi) is 6.62. The van der Waals surface area contributed by atoms with Gasteiger partial charge >= 0.3 is 0 Å². The summed E-state index contributed by atoms with van der Waals surface area (Å²) in [5, 5.41) is 4.17. The average molecular weight is 515 g/mol. The van der Waals surface area contributed by atoms with Gasteiger partial charge in [0.2, 0.25) is 5.91 Å². The Morgan fingerprint density at radius 3 is 2.65 bits per heavy atom. The maximum absolute atomic E-state index is 13.8. The van der Waals surface area contributed by atoms with Gasteiger partial charge in [-0.2, -0.15) is 0 Å². The summed E-state index contributed by atoms with van der Waals surface area (Å²) in [6, 6.07) is 18.8. The molecule has 5 aromatic rings. The summed E-state index contributed by atoms with van der Waals surface area (Å²) in [4.78, 5) is 34.9. The summed E-state index contributed by atoms with van der Waals surface area (Å²) in [5.41, 5.74) is 4.80. The minimum Gasteiger partial charge on any atom is -0.497 e. The zero-order valence-corrected chi connectivity index (χ0v) is 21.7. The van der Waals surface area contributed by atoms with Crippen molar-refractivity contribution in [3.8, 4) is 17.2 Å². The molecule has 9 heteroatoms. The quantitative estimate of drug-likeness (QED) is 0.228. The molecule has 0 aliphatic rings. The van der Waals surface area contributed by atoms with Crippen molar-refractivity contribution in [2.75, 3.05) is 25.3 Å². The van der Waals surface area contributed by atoms with Gasteiger partial charge in [0.15, 0.2) is 5.16 Å². The second-order valence-corrected chi connectivity index (χ2v) is 9.56. The number of hydrogen-bond acceptors (Lipinski definition) is 6. The van der Waals surface area contributed by atoms with Crippen molar-refractivity contribution in [2.24, 2.45) is 0 Å². The number of thioether (sulfide) groups is 1. The molecule has 0 atom stereocenters. The highest BCUT2D eigenvalue weighted by Gasteiger charge is 2.19. The summed E-state index contributed by atoms with van der Waals surface area (Å²) in [7, 11) is 3.10. The largest absolute Gasteiger partial charge is 0.497 e. The molecule has 0 aliphatic heterocycles. The number of anilines is 1. The number of nitrogens with zero attached hydrogens (tertiary/aromatic N) is 2. The van der Waals surface area contributed by atoms with E-state index in [1.54, 1.807) is 29.9 Å². The van der Waals surface area contributed by atoms with Crippen molar-refractivity contribution in [3.05, 3.63) is 82.1 Å². The summed E-state index contributed by atoms with van der Waals surface area (Å²) in [6.45, 7) is 3.93. The van der Waals surface area contributed by atoms with Gasteiger partial charge in [-0.05, 0) is 49.2 Å². The van der Waals surface area contributed by atoms with Crippen LogP contribution in [-0.4, -0.2) is 40.4 Å². The van der Waals surface area contributed by atoms with Crippen molar-refractivity contribution in [1.82, 2.24) is 14.5 Å². The molecule has 2 aromatic heterocycles. The SMILES string of the molecule is COc1ccc(OC)c(NC(=O)CSc2nc3c([nH]c4ccccc43)c(=O)n2-c2cc(C)ccc2C)c1. The monoisotopic (exact) mass is 514 g/mol. The van der Waals surface area contributed by atoms with Crippen molar-refractivity contribution >= 4 is 45.3 Å². The Balaban J connectivity index is 1.56. The fourth-order valence-corrected chi connectivity index (χ4v) is 5.04. The number of fused-ring (bicyclic) bond motifs is 3. The lowest BCUT2D eigenvalue weighted by molar-refractivity contribution is -0.113. The molecular weight excluding hydrogens is 488 g/mol. The lowest BCUT2D eigenvalue weighted by Crippen LogP contribution is -2.23. The highest BCUT2D eigenvalue weighted by molar-refractivity contribution is 7.99. The molecule has 37 heavy (non-hydrogen) atoms. The van der Waals surface area contributed by atoms with E-state index >= 15 is 0 Å². The van der Waals surface area contributed by atoms with Gasteiger partial charge in [0.1, 0.15) is 22.5 Å². The van der Waals surface area contributed by atoms with Crippen LogP contribution in [-0.2, 0) is 4.79 Å². The predicted octanol–water partition coefficient (Wildman–Crippen LogP) is 5.23. The molecule has 0 unspecified atom stereocenters. The smallest absolute Gasteiger partial charge is 0.283 e. The molecule has 0 saturated heterocycles. The molecule has 188 valence electrons. The Labute approximate surface area is 217 Å². The van der Waals surface area contributed by atoms with Gasteiger partial charge in [-0.15, -0.1) is 0 Å². The number of H-pyrrole nitrogens is 1. The standard InChI is InChI=1S/C28H26N4O4S/c1-16-9-10-17(2)22(13-16)32-27(34)26-25(19-7-5-6-8-20(19)30-26)31-28(32)37-15-24(33)29-21-14-18(35-3)11-12-23(21)36-4/h5-14,30H,15H2,1-4H3,(H,29,33). The Morgan fingerprint density at radius 2 is 1.86 bits per heavy atom. The van der Waals surface area contributed by atoms with E-state index in [0.717, 1.165) is 27.7 Å². The number of nitrogens with one attached hydrogen (secondary N) is 2. The van der Waals surface area contributed by atoms with Crippen molar-refractivity contribution < 1.29 is 14.3 Å². The van der Waals surface area contributed by atoms with Gasteiger partial charge < -0.3 is 19.8 Å². The fraction of sp³-hybridized carbons (Fsp3) is 0.179. The van der Waals surface area contributed by atoms with Crippen molar-refractivity contribution in [3.63, 3.8) is 0 Å². The van der Waals surface area contributed by atoms with Crippen LogP contribution >= 0.6 is 11.8 Å². The van der Waals surface area contributed by atoms with Crippen LogP contribution in [0.25, 0.3) is 27.6 Å². The first-order valence-corrected chi connectivity index (χ1v) is 12.6. The summed E-state index contributed by atoms with van der Waals surface area (Å²) in [6.07, 6.45) is 0. The molecule has 0 bridgehead atoms. The predicted molar refractivity (Wildman–Crippen MR) is 148 cm³/mol. The Hall–Kier alpha value is -4.24. The number of aryl methyl sites for hydroxylation is 2. The number of methoxy groups -OCH3 is 2. The molecule has 0 spiro atoms. The number of carbonyl (C=O) groups is 1. The van der Waals surface area contributed by atoms with Gasteiger partial charge in [-0.25, -0.2) is 4.98 Å². The normalized spacial score (nSPS) is 11.1. The minimum atomic E-state index is -0.266. The number of aromatic nitrogens is 3. The Bertz CT molecular complexity index is 1710. The molecule has 1 amide bonds. The average Bonchev–Trinajstić information content (AvgIpc) is 3.28. The van der Waals surface area contributed by atoms with E-state index in [4.69, 9.17) is 14.5 Å². The van der Waals surface area contributed by atoms with E-state index in [-0.39, 0.29) is 17.2 Å². The van der Waals surface area contributed by atoms with Crippen LogP contribution in [0.4, 0.5) is 5.69 Å². The zero-order chi connectivity index (χ0) is 26.1. The van der Waals surface area contributed by atoms with Crippen molar-refractivity contribution in [1.29, 1.82) is 0 Å². The number of hydrogen-bond donors (Lipinski definition) is 2. The lowest BCUT2D eigenvalue weighted by Gasteiger charge is -2.15. The summed E-state index contributed by atoms with van der Waals surface area (Å²) in [5.74, 6) is 0.881. The molecule has 5 rings (SSSR count). The number of para-hydroxylation sites is 1. The number of carbonyl (C=O) groups excluding carboxylic acids is 1. The van der Waals surface area contributed by atoms with Crippen LogP contribution in [0, 0.1) is 13.8 Å². The first-order valence-electron chi connectivity index (χ1n) is 11.7. The van der Waals surface area contributed by atoms with Gasteiger partial charge in [0.25, 0.3) is 5.56 Å². The van der Waals surface area contributed by atoms with Crippen LogP contribution in [0.1, 0.15) is 11.1 Å². The van der Waals surface area contributed by atoms with E-state index in [9.17, 15) is 9.59 Å². The topological polar surface area (TPSA) is 98.2 Å². The van der Waals surface area contributed by atoms with Crippen LogP contribution in [0.2, 0.25) is 0 Å². The highest BCUT2D eigenvalue weighted by atomic mass is 32.2. The first kappa shape index (κ1) is 24.5. The maximum atomic E-state index is 13.8. The lowest BCUT2D eigenvalue weighted by atomic mass is 10.1. The zero-order valence-electron chi connectivity index (χ0n) is 20.9. The van der Waals surface area contributed by atoms with E-state index in [1.807, 2.05) is 56.3 Å². The van der Waals surface area contributed by atoms with E-state index in [1.165, 1.54) is 18.9 Å². The van der Waals surface area contributed by atoms with E-state index in [2.05, 4.69) is 10.3 Å². The fourth-order valence-electron chi connectivity index (χ4n) is 4.24. The number of amides is 1. The Morgan fingerprint density at radius 1 is 1.05 bits per heavy atom. The molecule has 0 saturated carbocycles. The van der Waals surface area contributed by atoms with Gasteiger partial charge in [0.05, 0.1) is 31.3 Å². The number of rotatable bonds is 7. The van der Waals surface area contributed by atoms with Crippen LogP contribution < -0.4 is 20.3 Å². The number of benzene rings is 3. The molecule has 8 nitrogen and oxygen atoms in total. The molecule has 0 fully saturated rings. The third kappa shape index (κ3) is 4.65. The summed E-state index contributed by atoms with van der Waals surface area (Å²) < 4.78 is 12.2. The third-order valence-corrected chi connectivity index (χ3v) is 7.05. The molecule has 0 aliphatic carbocycles. The highest BCUT2D eigenvalue weighted by Crippen LogP contribution is 2.30. The van der Waals surface area contributed by atoms with Gasteiger partial charge in [-0.1, -0.05) is 42.1 Å². The van der Waals surface area contributed by atoms with E-state index < -0.39 is 0 Å². The van der Waals surface area contributed by atoms with E-state index in [0.29, 0.717) is 33.4 Å². The minimum absolute atomic E-state index is 0.0333. The van der Waals surface area contributed by atoms with Crippen LogP contribution in [0.5, 0.6) is 11.5 Å². The third-order valence-electron chi connectivity index (χ3n) is 6.11. The second kappa shape index (κ2) is 10.0. The van der Waals surface area contributed by atoms with Gasteiger partial charge in [-0.3, -0.25) is 14.2 Å². The van der Waals surface area contributed by atoms with Crippen molar-refractivity contribution in [2.45, 2.75) is 19.0 Å². The summed E-state index contributed by atoms with van der Waals surface area (Å²) >= 11 is 1.20. The van der Waals surface area contributed by atoms with Gasteiger partial charge in [0, 0.05) is 17.0 Å². The molecule has 0 radical (unpaired) electrons. The molecule has 3 aromatic carbocycles. The van der Waals surface area contributed by atoms with Crippen LogP contribution in [0.15, 0.2) is 70.6 Å². The first-order chi connectivity index (χ1) is 17.9. The van der Waals surface area contributed by atoms with Crippen LogP contribution in [0.3, 0.4) is 0 Å².